The molecule has 0 aromatic heterocycles. The van der Waals surface area contributed by atoms with E-state index in [-0.39, 0.29) is 5.75 Å². The van der Waals surface area contributed by atoms with Crippen LogP contribution >= 0.6 is 0 Å². The van der Waals surface area contributed by atoms with E-state index in [4.69, 9.17) is 4.74 Å². The molecule has 1 N–H and O–H groups in total. The van der Waals surface area contributed by atoms with Crippen molar-refractivity contribution < 1.29 is 9.84 Å². The lowest BCUT2D eigenvalue weighted by Crippen LogP contribution is -1.97. The van der Waals surface area contributed by atoms with Gasteiger partial charge >= 0.3 is 0 Å². The van der Waals surface area contributed by atoms with Crippen molar-refractivity contribution >= 4 is 0 Å². The Labute approximate surface area is 127 Å². The van der Waals surface area contributed by atoms with Crippen molar-refractivity contribution in [3.05, 3.63) is 60.2 Å². The number of phenols is 1. The van der Waals surface area contributed by atoms with Crippen LogP contribution < -0.4 is 4.74 Å². The van der Waals surface area contributed by atoms with Crippen molar-refractivity contribution in [2.24, 2.45) is 0 Å². The van der Waals surface area contributed by atoms with Gasteiger partial charge in [0, 0.05) is 0 Å². The average Bonchev–Trinajstić information content (AvgIpc) is 2.52. The highest BCUT2D eigenvalue weighted by Gasteiger charge is 1.99. The molecule has 0 heterocycles. The molecule has 0 aliphatic rings. The molecular formula is C19H24O2. The van der Waals surface area contributed by atoms with Gasteiger partial charge in [-0.3, -0.25) is 0 Å². The molecule has 0 atom stereocenters. The summed E-state index contributed by atoms with van der Waals surface area (Å²) in [6.07, 6.45) is 7.17. The standard InChI is InChI=1S/C19H24O2/c20-18-14-8-9-15-19(18)21-16-10-3-1-2-5-11-17-12-6-4-7-13-17/h4,6-9,12-15,20H,1-3,5,10-11,16H2. The quantitative estimate of drug-likeness (QED) is 0.659. The van der Waals surface area contributed by atoms with Gasteiger partial charge in [-0.25, -0.2) is 0 Å². The lowest BCUT2D eigenvalue weighted by atomic mass is 10.1. The molecule has 0 radical (unpaired) electrons. The molecule has 2 nitrogen and oxygen atoms in total. The van der Waals surface area contributed by atoms with Crippen LogP contribution in [0.2, 0.25) is 0 Å². The number of unbranched alkanes of at least 4 members (excludes halogenated alkanes) is 4. The number of aryl methyl sites for hydroxylation is 1. The van der Waals surface area contributed by atoms with Crippen LogP contribution in [-0.4, -0.2) is 11.7 Å². The second-order valence-corrected chi connectivity index (χ2v) is 5.32. The molecule has 21 heavy (non-hydrogen) atoms. The van der Waals surface area contributed by atoms with E-state index < -0.39 is 0 Å². The van der Waals surface area contributed by atoms with Crippen LogP contribution in [0.3, 0.4) is 0 Å². The number of ether oxygens (including phenoxy) is 1. The van der Waals surface area contributed by atoms with Gasteiger partial charge in [-0.05, 0) is 37.0 Å². The maximum atomic E-state index is 9.57. The predicted octanol–water partition coefficient (Wildman–Crippen LogP) is 4.96. The van der Waals surface area contributed by atoms with Gasteiger partial charge in [0.25, 0.3) is 0 Å². The second-order valence-electron chi connectivity index (χ2n) is 5.32. The summed E-state index contributed by atoms with van der Waals surface area (Å²) in [6, 6.07) is 17.8. The molecule has 0 saturated heterocycles. The van der Waals surface area contributed by atoms with Gasteiger partial charge in [0.15, 0.2) is 11.5 Å². The van der Waals surface area contributed by atoms with Crippen molar-refractivity contribution in [2.75, 3.05) is 6.61 Å². The topological polar surface area (TPSA) is 29.5 Å². The van der Waals surface area contributed by atoms with Crippen LogP contribution in [0.15, 0.2) is 54.6 Å². The Kier molecular flexibility index (Phi) is 6.66. The highest BCUT2D eigenvalue weighted by Crippen LogP contribution is 2.24. The van der Waals surface area contributed by atoms with E-state index in [9.17, 15) is 5.11 Å². The van der Waals surface area contributed by atoms with E-state index in [1.807, 2.05) is 6.07 Å². The summed E-state index contributed by atoms with van der Waals surface area (Å²) in [5.74, 6) is 0.807. The van der Waals surface area contributed by atoms with E-state index >= 15 is 0 Å². The number of hydrogen-bond donors (Lipinski definition) is 1. The zero-order valence-corrected chi connectivity index (χ0v) is 12.5. The smallest absolute Gasteiger partial charge is 0.160 e. The third-order valence-corrected chi connectivity index (χ3v) is 3.58. The van der Waals surface area contributed by atoms with E-state index in [2.05, 4.69) is 30.3 Å². The van der Waals surface area contributed by atoms with Crippen molar-refractivity contribution in [1.29, 1.82) is 0 Å². The first kappa shape index (κ1) is 15.4. The SMILES string of the molecule is Oc1ccccc1OCCCCCCCc1ccccc1. The Morgan fingerprint density at radius 2 is 1.38 bits per heavy atom. The zero-order chi connectivity index (χ0) is 14.8. The van der Waals surface area contributed by atoms with Crippen LogP contribution in [-0.2, 0) is 6.42 Å². The highest BCUT2D eigenvalue weighted by atomic mass is 16.5. The summed E-state index contributed by atoms with van der Waals surface area (Å²) in [6.45, 7) is 0.677. The predicted molar refractivity (Wildman–Crippen MR) is 86.8 cm³/mol. The van der Waals surface area contributed by atoms with Crippen molar-refractivity contribution in [3.8, 4) is 11.5 Å². The molecule has 2 aromatic rings. The number of para-hydroxylation sites is 2. The van der Waals surface area contributed by atoms with E-state index in [0.29, 0.717) is 12.4 Å². The number of benzene rings is 2. The average molecular weight is 284 g/mol. The van der Waals surface area contributed by atoms with Gasteiger partial charge < -0.3 is 9.84 Å². The molecule has 0 amide bonds. The first-order chi connectivity index (χ1) is 10.4. The molecule has 2 rings (SSSR count). The Hall–Kier alpha value is -1.96. The Balaban J connectivity index is 1.48. The first-order valence-electron chi connectivity index (χ1n) is 7.81. The molecule has 0 spiro atoms. The number of hydrogen-bond acceptors (Lipinski definition) is 2. The Morgan fingerprint density at radius 1 is 0.714 bits per heavy atom. The maximum absolute atomic E-state index is 9.57. The van der Waals surface area contributed by atoms with Gasteiger partial charge in [0.2, 0.25) is 0 Å². The second kappa shape index (κ2) is 9.06. The Bertz CT molecular complexity index is 508. The Morgan fingerprint density at radius 3 is 2.19 bits per heavy atom. The first-order valence-corrected chi connectivity index (χ1v) is 7.81. The summed E-state index contributed by atoms with van der Waals surface area (Å²) < 4.78 is 5.56. The highest BCUT2D eigenvalue weighted by molar-refractivity contribution is 5.37. The molecule has 0 fully saturated rings. The third-order valence-electron chi connectivity index (χ3n) is 3.58. The number of aromatic hydroxyl groups is 1. The van der Waals surface area contributed by atoms with Crippen LogP contribution in [0.4, 0.5) is 0 Å². The summed E-state index contributed by atoms with van der Waals surface area (Å²) in [4.78, 5) is 0. The molecule has 0 bridgehead atoms. The van der Waals surface area contributed by atoms with Crippen LogP contribution in [0.1, 0.15) is 37.7 Å². The van der Waals surface area contributed by atoms with E-state index in [0.717, 1.165) is 6.42 Å². The van der Waals surface area contributed by atoms with Crippen molar-refractivity contribution in [1.82, 2.24) is 0 Å². The van der Waals surface area contributed by atoms with E-state index in [1.54, 1.807) is 18.2 Å². The van der Waals surface area contributed by atoms with Gasteiger partial charge in [0.1, 0.15) is 0 Å². The van der Waals surface area contributed by atoms with E-state index in [1.165, 1.54) is 37.7 Å². The van der Waals surface area contributed by atoms with Crippen molar-refractivity contribution in [3.63, 3.8) is 0 Å². The fraction of sp³-hybridized carbons (Fsp3) is 0.368. The minimum Gasteiger partial charge on any atom is -0.504 e. The number of phenolic OH excluding ortho intramolecular Hbond substituents is 1. The van der Waals surface area contributed by atoms with Gasteiger partial charge in [-0.1, -0.05) is 61.7 Å². The molecule has 112 valence electrons. The monoisotopic (exact) mass is 284 g/mol. The fourth-order valence-corrected chi connectivity index (χ4v) is 2.37. The third kappa shape index (κ3) is 5.90. The van der Waals surface area contributed by atoms with Crippen LogP contribution in [0, 0.1) is 0 Å². The van der Waals surface area contributed by atoms with Crippen LogP contribution in [0.25, 0.3) is 0 Å². The maximum Gasteiger partial charge on any atom is 0.160 e. The van der Waals surface area contributed by atoms with Gasteiger partial charge in [-0.2, -0.15) is 0 Å². The van der Waals surface area contributed by atoms with Crippen LogP contribution in [0.5, 0.6) is 11.5 Å². The largest absolute Gasteiger partial charge is 0.504 e. The molecule has 0 saturated carbocycles. The summed E-state index contributed by atoms with van der Waals surface area (Å²) in [5.41, 5.74) is 1.43. The fourth-order valence-electron chi connectivity index (χ4n) is 2.37. The number of rotatable bonds is 9. The molecule has 0 aliphatic heterocycles. The lowest BCUT2D eigenvalue weighted by molar-refractivity contribution is 0.289. The summed E-state index contributed by atoms with van der Waals surface area (Å²) in [5, 5.41) is 9.57. The minimum atomic E-state index is 0.223. The summed E-state index contributed by atoms with van der Waals surface area (Å²) >= 11 is 0. The summed E-state index contributed by atoms with van der Waals surface area (Å²) in [7, 11) is 0. The van der Waals surface area contributed by atoms with Crippen molar-refractivity contribution in [2.45, 2.75) is 38.5 Å². The lowest BCUT2D eigenvalue weighted by Gasteiger charge is -2.07. The van der Waals surface area contributed by atoms with Gasteiger partial charge in [-0.15, -0.1) is 0 Å². The molecule has 2 aromatic carbocycles. The van der Waals surface area contributed by atoms with Gasteiger partial charge in [0.05, 0.1) is 6.61 Å². The molecular weight excluding hydrogens is 260 g/mol. The molecule has 0 unspecified atom stereocenters. The minimum absolute atomic E-state index is 0.223. The molecule has 2 heteroatoms. The zero-order valence-electron chi connectivity index (χ0n) is 12.5. The molecule has 0 aliphatic carbocycles. The normalized spacial score (nSPS) is 10.5.